The van der Waals surface area contributed by atoms with Crippen molar-refractivity contribution in [1.29, 1.82) is 0 Å². The van der Waals surface area contributed by atoms with Gasteiger partial charge in [0.05, 0.1) is 4.90 Å². The van der Waals surface area contributed by atoms with Crippen LogP contribution in [0.25, 0.3) is 0 Å². The third kappa shape index (κ3) is 2.88. The molecule has 2 heterocycles. The molecule has 1 aromatic rings. The van der Waals surface area contributed by atoms with E-state index in [1.54, 1.807) is 11.0 Å². The number of hydrogen-bond donors (Lipinski definition) is 1. The normalized spacial score (nSPS) is 23.3. The minimum atomic E-state index is -3.64. The van der Waals surface area contributed by atoms with Gasteiger partial charge in [0.1, 0.15) is 0 Å². The second-order valence-corrected chi connectivity index (χ2v) is 7.89. The van der Waals surface area contributed by atoms with E-state index in [1.165, 1.54) is 12.1 Å². The number of sulfonamides is 1. The highest BCUT2D eigenvalue weighted by Crippen LogP contribution is 2.34. The van der Waals surface area contributed by atoms with E-state index in [2.05, 4.69) is 4.72 Å². The van der Waals surface area contributed by atoms with Gasteiger partial charge in [-0.15, -0.1) is 0 Å². The predicted molar refractivity (Wildman–Crippen MR) is 80.6 cm³/mol. The van der Waals surface area contributed by atoms with Crippen LogP contribution in [0.15, 0.2) is 23.1 Å². The topological polar surface area (TPSA) is 84.9 Å². The minimum absolute atomic E-state index is 0.104. The average molecular weight is 338 g/mol. The van der Waals surface area contributed by atoms with Crippen molar-refractivity contribution in [3.63, 3.8) is 0 Å². The number of fused-ring (bicyclic) bond motifs is 1. The number of nitrogens with one attached hydrogen (secondary N) is 1. The minimum Gasteiger partial charge on any atom is -0.454 e. The number of ether oxygens (including phenoxy) is 2. The summed E-state index contributed by atoms with van der Waals surface area (Å²) in [6, 6.07) is 4.31. The molecule has 1 saturated heterocycles. The Bertz CT molecular complexity index is 744. The van der Waals surface area contributed by atoms with Crippen molar-refractivity contribution in [1.82, 2.24) is 9.62 Å². The molecular formula is C15H18N2O5S. The SMILES string of the molecule is O=C(C1CC1)N1CCC(NS(=O)(=O)c2ccc3c(c2)OCO3)C1. The molecule has 8 heteroatoms. The summed E-state index contributed by atoms with van der Waals surface area (Å²) >= 11 is 0. The molecule has 1 atom stereocenters. The molecule has 4 rings (SSSR count). The standard InChI is InChI=1S/C15H18N2O5S/c18-15(10-1-2-10)17-6-5-11(8-17)16-23(19,20)12-3-4-13-14(7-12)22-9-21-13/h3-4,7,10-11,16H,1-2,5-6,8-9H2. The maximum absolute atomic E-state index is 12.5. The van der Waals surface area contributed by atoms with Gasteiger partial charge in [-0.3, -0.25) is 4.79 Å². The first-order valence-electron chi connectivity index (χ1n) is 7.74. The first kappa shape index (κ1) is 14.8. The van der Waals surface area contributed by atoms with Crippen LogP contribution >= 0.6 is 0 Å². The van der Waals surface area contributed by atoms with Crippen molar-refractivity contribution in [2.75, 3.05) is 19.9 Å². The number of rotatable bonds is 4. The summed E-state index contributed by atoms with van der Waals surface area (Å²) < 4.78 is 38.1. The highest BCUT2D eigenvalue weighted by atomic mass is 32.2. The lowest BCUT2D eigenvalue weighted by Gasteiger charge is -2.17. The molecule has 1 aromatic carbocycles. The molecule has 1 unspecified atom stereocenters. The van der Waals surface area contributed by atoms with E-state index < -0.39 is 10.0 Å². The molecule has 1 amide bonds. The van der Waals surface area contributed by atoms with E-state index in [1.807, 2.05) is 0 Å². The molecule has 0 aromatic heterocycles. The lowest BCUT2D eigenvalue weighted by Crippen LogP contribution is -2.38. The average Bonchev–Trinajstić information content (AvgIpc) is 3.09. The van der Waals surface area contributed by atoms with Crippen LogP contribution in [0.3, 0.4) is 0 Å². The summed E-state index contributed by atoms with van der Waals surface area (Å²) in [6.07, 6.45) is 2.56. The summed E-state index contributed by atoms with van der Waals surface area (Å²) in [7, 11) is -3.64. The molecule has 1 N–H and O–H groups in total. The molecule has 23 heavy (non-hydrogen) atoms. The van der Waals surface area contributed by atoms with Crippen molar-refractivity contribution in [3.05, 3.63) is 18.2 Å². The Balaban J connectivity index is 1.44. The Labute approximate surface area is 134 Å². The van der Waals surface area contributed by atoms with Crippen LogP contribution in [0.1, 0.15) is 19.3 Å². The van der Waals surface area contributed by atoms with Crippen molar-refractivity contribution in [3.8, 4) is 11.5 Å². The highest BCUT2D eigenvalue weighted by molar-refractivity contribution is 7.89. The number of nitrogens with zero attached hydrogens (tertiary/aromatic N) is 1. The van der Waals surface area contributed by atoms with Gasteiger partial charge >= 0.3 is 0 Å². The van der Waals surface area contributed by atoms with E-state index in [0.29, 0.717) is 31.0 Å². The van der Waals surface area contributed by atoms with Crippen molar-refractivity contribution < 1.29 is 22.7 Å². The summed E-state index contributed by atoms with van der Waals surface area (Å²) in [5.74, 6) is 1.31. The Kier molecular flexibility index (Phi) is 3.46. The van der Waals surface area contributed by atoms with Gasteiger partial charge in [-0.1, -0.05) is 0 Å². The Morgan fingerprint density at radius 2 is 1.96 bits per heavy atom. The van der Waals surface area contributed by atoms with E-state index in [9.17, 15) is 13.2 Å². The lowest BCUT2D eigenvalue weighted by atomic mass is 10.3. The zero-order valence-corrected chi connectivity index (χ0v) is 13.3. The highest BCUT2D eigenvalue weighted by Gasteiger charge is 2.37. The number of carbonyl (C=O) groups excluding carboxylic acids is 1. The van der Waals surface area contributed by atoms with Gasteiger partial charge in [0.15, 0.2) is 11.5 Å². The first-order chi connectivity index (χ1) is 11.0. The van der Waals surface area contributed by atoms with Crippen LogP contribution < -0.4 is 14.2 Å². The molecular weight excluding hydrogens is 320 g/mol. The molecule has 1 saturated carbocycles. The second-order valence-electron chi connectivity index (χ2n) is 6.18. The van der Waals surface area contributed by atoms with Gasteiger partial charge in [-0.05, 0) is 31.4 Å². The van der Waals surface area contributed by atoms with Crippen molar-refractivity contribution in [2.45, 2.75) is 30.2 Å². The van der Waals surface area contributed by atoms with Gasteiger partial charge in [0.25, 0.3) is 0 Å². The third-order valence-corrected chi connectivity index (χ3v) is 5.92. The fourth-order valence-corrected chi connectivity index (χ4v) is 4.25. The lowest BCUT2D eigenvalue weighted by molar-refractivity contribution is -0.131. The molecule has 2 fully saturated rings. The monoisotopic (exact) mass is 338 g/mol. The summed E-state index contributed by atoms with van der Waals surface area (Å²) in [5.41, 5.74) is 0. The van der Waals surface area contributed by atoms with E-state index in [-0.39, 0.29) is 29.6 Å². The zero-order chi connectivity index (χ0) is 16.0. The smallest absolute Gasteiger partial charge is 0.241 e. The number of amides is 1. The molecule has 3 aliphatic rings. The molecule has 0 bridgehead atoms. The predicted octanol–water partition coefficient (Wildman–Crippen LogP) is 0.705. The Morgan fingerprint density at radius 1 is 1.17 bits per heavy atom. The van der Waals surface area contributed by atoms with Crippen LogP contribution in [0.5, 0.6) is 11.5 Å². The number of hydrogen-bond acceptors (Lipinski definition) is 5. The molecule has 0 radical (unpaired) electrons. The largest absolute Gasteiger partial charge is 0.454 e. The molecule has 0 spiro atoms. The zero-order valence-electron chi connectivity index (χ0n) is 12.5. The van der Waals surface area contributed by atoms with Crippen molar-refractivity contribution in [2.24, 2.45) is 5.92 Å². The maximum Gasteiger partial charge on any atom is 0.241 e. The van der Waals surface area contributed by atoms with E-state index >= 15 is 0 Å². The van der Waals surface area contributed by atoms with Gasteiger partial charge in [-0.2, -0.15) is 0 Å². The molecule has 7 nitrogen and oxygen atoms in total. The van der Waals surface area contributed by atoms with Gasteiger partial charge in [0.2, 0.25) is 22.7 Å². The Morgan fingerprint density at radius 3 is 2.74 bits per heavy atom. The van der Waals surface area contributed by atoms with Gasteiger partial charge < -0.3 is 14.4 Å². The van der Waals surface area contributed by atoms with Crippen LogP contribution in [0.2, 0.25) is 0 Å². The quantitative estimate of drug-likeness (QED) is 0.874. The van der Waals surface area contributed by atoms with Crippen LogP contribution in [0, 0.1) is 5.92 Å². The van der Waals surface area contributed by atoms with Crippen molar-refractivity contribution >= 4 is 15.9 Å². The Hall–Kier alpha value is -1.80. The maximum atomic E-state index is 12.5. The van der Waals surface area contributed by atoms with Gasteiger partial charge in [-0.25, -0.2) is 13.1 Å². The summed E-state index contributed by atoms with van der Waals surface area (Å²) in [5, 5.41) is 0. The fraction of sp³-hybridized carbons (Fsp3) is 0.533. The molecule has 124 valence electrons. The molecule has 2 aliphatic heterocycles. The van der Waals surface area contributed by atoms with E-state index in [0.717, 1.165) is 12.8 Å². The van der Waals surface area contributed by atoms with Crippen LogP contribution in [-0.4, -0.2) is 45.1 Å². The first-order valence-corrected chi connectivity index (χ1v) is 9.22. The number of carbonyl (C=O) groups is 1. The molecule has 1 aliphatic carbocycles. The summed E-state index contributed by atoms with van der Waals surface area (Å²) in [4.78, 5) is 14.0. The summed E-state index contributed by atoms with van der Waals surface area (Å²) in [6.45, 7) is 1.16. The van der Waals surface area contributed by atoms with Gasteiger partial charge in [0, 0.05) is 31.1 Å². The van der Waals surface area contributed by atoms with Crippen LogP contribution in [-0.2, 0) is 14.8 Å². The third-order valence-electron chi connectivity index (χ3n) is 4.40. The second kappa shape index (κ2) is 5.38. The number of benzene rings is 1. The van der Waals surface area contributed by atoms with E-state index in [4.69, 9.17) is 9.47 Å². The fourth-order valence-electron chi connectivity index (χ4n) is 2.98. The number of likely N-dealkylation sites (tertiary alicyclic amines) is 1. The van der Waals surface area contributed by atoms with Crippen LogP contribution in [0.4, 0.5) is 0 Å².